The Hall–Kier alpha value is -2.13. The van der Waals surface area contributed by atoms with Crippen molar-refractivity contribution in [2.24, 2.45) is 5.92 Å². The van der Waals surface area contributed by atoms with Gasteiger partial charge in [-0.3, -0.25) is 4.79 Å². The van der Waals surface area contributed by atoms with E-state index >= 15 is 0 Å². The number of amides is 3. The van der Waals surface area contributed by atoms with Crippen molar-refractivity contribution in [1.82, 2.24) is 15.8 Å². The van der Waals surface area contributed by atoms with Crippen molar-refractivity contribution in [1.29, 1.82) is 0 Å². The number of ether oxygens (including phenoxy) is 1. The Balaban J connectivity index is 1.42. The van der Waals surface area contributed by atoms with Gasteiger partial charge in [-0.1, -0.05) is 11.6 Å². The molecule has 9 nitrogen and oxygen atoms in total. The molecule has 1 aromatic heterocycles. The van der Waals surface area contributed by atoms with Crippen LogP contribution >= 0.6 is 0 Å². The van der Waals surface area contributed by atoms with Gasteiger partial charge in [0.2, 0.25) is 5.91 Å². The van der Waals surface area contributed by atoms with E-state index in [-0.39, 0.29) is 36.6 Å². The number of hydrogen-bond acceptors (Lipinski definition) is 6. The molecule has 1 saturated carbocycles. The molecule has 2 aliphatic rings. The third-order valence-corrected chi connectivity index (χ3v) is 5.63. The first-order valence-electron chi connectivity index (χ1n) is 10.0. The van der Waals surface area contributed by atoms with Gasteiger partial charge in [-0.2, -0.15) is 0 Å². The second-order valence-corrected chi connectivity index (χ2v) is 7.67. The van der Waals surface area contributed by atoms with Gasteiger partial charge in [-0.25, -0.2) is 4.79 Å². The molecule has 9 heteroatoms. The van der Waals surface area contributed by atoms with Crippen LogP contribution in [0.2, 0.25) is 0 Å². The van der Waals surface area contributed by atoms with E-state index < -0.39 is 6.10 Å². The van der Waals surface area contributed by atoms with Crippen molar-refractivity contribution >= 4 is 17.6 Å². The number of nitrogens with one attached hydrogen (secondary N) is 3. The van der Waals surface area contributed by atoms with Crippen LogP contribution in [0.3, 0.4) is 0 Å². The molecule has 4 N–H and O–H groups in total. The SMILES string of the molecule is Cc1noc(C)c1NC(=O)N[C@H]1CC[C@H](CCNC(=O)C2CCC2)O[C@@H]1CO. The van der Waals surface area contributed by atoms with E-state index in [1.54, 1.807) is 13.8 Å². The molecule has 3 atom stereocenters. The smallest absolute Gasteiger partial charge is 0.319 e. The summed E-state index contributed by atoms with van der Waals surface area (Å²) in [6, 6.07) is -0.668. The van der Waals surface area contributed by atoms with Crippen LogP contribution in [-0.2, 0) is 9.53 Å². The van der Waals surface area contributed by atoms with Crippen LogP contribution in [0.15, 0.2) is 4.52 Å². The molecule has 1 aromatic rings. The molecule has 1 aliphatic heterocycles. The lowest BCUT2D eigenvalue weighted by molar-refractivity contribution is -0.127. The van der Waals surface area contributed by atoms with Gasteiger partial charge in [0.05, 0.1) is 18.8 Å². The maximum absolute atomic E-state index is 12.3. The number of rotatable bonds is 7. The fraction of sp³-hybridized carbons (Fsp3) is 0.737. The van der Waals surface area contributed by atoms with Crippen LogP contribution in [0.25, 0.3) is 0 Å². The summed E-state index contributed by atoms with van der Waals surface area (Å²) in [5.41, 5.74) is 1.16. The van der Waals surface area contributed by atoms with Gasteiger partial charge in [0, 0.05) is 12.5 Å². The van der Waals surface area contributed by atoms with Crippen LogP contribution in [0, 0.1) is 19.8 Å². The van der Waals surface area contributed by atoms with Crippen LogP contribution in [0.4, 0.5) is 10.5 Å². The quantitative estimate of drug-likeness (QED) is 0.557. The molecule has 2 heterocycles. The van der Waals surface area contributed by atoms with Crippen LogP contribution in [0.5, 0.6) is 0 Å². The molecule has 0 radical (unpaired) electrons. The molecule has 0 unspecified atom stereocenters. The first-order valence-corrected chi connectivity index (χ1v) is 10.0. The molecule has 0 aromatic carbocycles. The van der Waals surface area contributed by atoms with Gasteiger partial charge in [0.25, 0.3) is 0 Å². The Morgan fingerprint density at radius 1 is 1.21 bits per heavy atom. The molecular formula is C19H30N4O5. The highest BCUT2D eigenvalue weighted by atomic mass is 16.5. The zero-order chi connectivity index (χ0) is 20.1. The molecule has 1 saturated heterocycles. The van der Waals surface area contributed by atoms with Gasteiger partial charge >= 0.3 is 6.03 Å². The van der Waals surface area contributed by atoms with Gasteiger partial charge in [0.15, 0.2) is 5.76 Å². The van der Waals surface area contributed by atoms with E-state index in [0.29, 0.717) is 36.5 Å². The molecule has 156 valence electrons. The summed E-state index contributed by atoms with van der Waals surface area (Å²) in [5, 5.41) is 22.0. The van der Waals surface area contributed by atoms with E-state index in [1.165, 1.54) is 0 Å². The maximum Gasteiger partial charge on any atom is 0.319 e. The highest BCUT2D eigenvalue weighted by Gasteiger charge is 2.32. The summed E-state index contributed by atoms with van der Waals surface area (Å²) in [6.45, 7) is 3.87. The molecule has 28 heavy (non-hydrogen) atoms. The van der Waals surface area contributed by atoms with Crippen LogP contribution < -0.4 is 16.0 Å². The number of nitrogens with zero attached hydrogens (tertiary/aromatic N) is 1. The molecule has 3 amide bonds. The topological polar surface area (TPSA) is 126 Å². The van der Waals surface area contributed by atoms with Crippen molar-refractivity contribution in [2.45, 2.75) is 70.6 Å². The van der Waals surface area contributed by atoms with Crippen molar-refractivity contribution in [3.8, 4) is 0 Å². The molecule has 2 fully saturated rings. The lowest BCUT2D eigenvalue weighted by atomic mass is 9.85. The highest BCUT2D eigenvalue weighted by molar-refractivity contribution is 5.90. The van der Waals surface area contributed by atoms with Gasteiger partial charge in [-0.05, 0) is 46.0 Å². The molecular weight excluding hydrogens is 364 g/mol. The average molecular weight is 394 g/mol. The first kappa shape index (κ1) is 20.6. The predicted octanol–water partition coefficient (Wildman–Crippen LogP) is 1.63. The largest absolute Gasteiger partial charge is 0.394 e. The second kappa shape index (κ2) is 9.38. The van der Waals surface area contributed by atoms with Crippen molar-refractivity contribution < 1.29 is 24.0 Å². The number of carbonyl (C=O) groups is 2. The Bertz CT molecular complexity index is 668. The number of aromatic nitrogens is 1. The molecule has 0 spiro atoms. The minimum absolute atomic E-state index is 0.0393. The number of anilines is 1. The van der Waals surface area contributed by atoms with E-state index in [4.69, 9.17) is 9.26 Å². The summed E-state index contributed by atoms with van der Waals surface area (Å²) in [7, 11) is 0. The summed E-state index contributed by atoms with van der Waals surface area (Å²) in [5.74, 6) is 0.855. The monoisotopic (exact) mass is 394 g/mol. The van der Waals surface area contributed by atoms with Crippen LogP contribution in [-0.4, -0.2) is 53.6 Å². The molecule has 0 bridgehead atoms. The zero-order valence-electron chi connectivity index (χ0n) is 16.5. The van der Waals surface area contributed by atoms with Crippen molar-refractivity contribution in [2.75, 3.05) is 18.5 Å². The van der Waals surface area contributed by atoms with Crippen molar-refractivity contribution in [3.05, 3.63) is 11.5 Å². The molecule has 1 aliphatic carbocycles. The van der Waals surface area contributed by atoms with E-state index in [0.717, 1.165) is 25.7 Å². The Labute approximate surface area is 164 Å². The van der Waals surface area contributed by atoms with Gasteiger partial charge in [0.1, 0.15) is 17.5 Å². The molecule has 3 rings (SSSR count). The zero-order valence-corrected chi connectivity index (χ0v) is 16.5. The summed E-state index contributed by atoms with van der Waals surface area (Å²) < 4.78 is 11.0. The average Bonchev–Trinajstić information content (AvgIpc) is 2.93. The van der Waals surface area contributed by atoms with Gasteiger partial charge < -0.3 is 30.3 Å². The van der Waals surface area contributed by atoms with Gasteiger partial charge in [-0.15, -0.1) is 0 Å². The standard InChI is InChI=1S/C19H30N4O5/c1-11-17(12(2)28-23-11)22-19(26)21-15-7-6-14(27-16(15)10-24)8-9-20-18(25)13-4-3-5-13/h13-16,24H,3-10H2,1-2H3,(H,20,25)(H2,21,22,26)/t14-,15+,16-/m1/s1. The highest BCUT2D eigenvalue weighted by Crippen LogP contribution is 2.26. The third-order valence-electron chi connectivity index (χ3n) is 5.63. The minimum Gasteiger partial charge on any atom is -0.394 e. The predicted molar refractivity (Wildman–Crippen MR) is 102 cm³/mol. The minimum atomic E-state index is -0.475. The number of aliphatic hydroxyl groups excluding tert-OH is 1. The fourth-order valence-corrected chi connectivity index (χ4v) is 3.66. The Morgan fingerprint density at radius 2 is 2.00 bits per heavy atom. The Morgan fingerprint density at radius 3 is 2.61 bits per heavy atom. The number of aliphatic hydroxyl groups is 1. The maximum atomic E-state index is 12.3. The second-order valence-electron chi connectivity index (χ2n) is 7.67. The first-order chi connectivity index (χ1) is 13.5. The normalized spacial score (nSPS) is 25.0. The van der Waals surface area contributed by atoms with E-state index in [2.05, 4.69) is 21.1 Å². The lowest BCUT2D eigenvalue weighted by Gasteiger charge is -2.36. The Kier molecular flexibility index (Phi) is 6.90. The number of aryl methyl sites for hydroxylation is 2. The van der Waals surface area contributed by atoms with Crippen LogP contribution in [0.1, 0.15) is 50.0 Å². The summed E-state index contributed by atoms with van der Waals surface area (Å²) in [4.78, 5) is 24.2. The number of carbonyl (C=O) groups excluding carboxylic acids is 2. The lowest BCUT2D eigenvalue weighted by Crippen LogP contribution is -2.52. The van der Waals surface area contributed by atoms with Crippen molar-refractivity contribution in [3.63, 3.8) is 0 Å². The van der Waals surface area contributed by atoms with E-state index in [9.17, 15) is 14.7 Å². The fourth-order valence-electron chi connectivity index (χ4n) is 3.66. The number of hydrogen-bond donors (Lipinski definition) is 4. The summed E-state index contributed by atoms with van der Waals surface area (Å²) in [6.07, 6.45) is 4.75. The third kappa shape index (κ3) is 5.02. The number of urea groups is 1. The summed E-state index contributed by atoms with van der Waals surface area (Å²) >= 11 is 0. The van der Waals surface area contributed by atoms with E-state index in [1.807, 2.05) is 0 Å².